The molecule has 0 aromatic carbocycles. The SMILES string of the molecule is Cn1cc(-c2nc(C(F)(F)F)c(C(=O)O)s2)cn1. The maximum Gasteiger partial charge on any atom is 0.435 e. The topological polar surface area (TPSA) is 68.0 Å². The highest BCUT2D eigenvalue weighted by Gasteiger charge is 2.39. The van der Waals surface area contributed by atoms with Crippen molar-refractivity contribution in [2.24, 2.45) is 7.05 Å². The van der Waals surface area contributed by atoms with Crippen molar-refractivity contribution in [3.63, 3.8) is 0 Å². The molecule has 0 radical (unpaired) electrons. The molecule has 2 heterocycles. The molecule has 0 aliphatic carbocycles. The molecule has 96 valence electrons. The summed E-state index contributed by atoms with van der Waals surface area (Å²) >= 11 is 0.477. The smallest absolute Gasteiger partial charge is 0.435 e. The summed E-state index contributed by atoms with van der Waals surface area (Å²) in [6, 6.07) is 0. The molecule has 0 aliphatic rings. The molecule has 9 heteroatoms. The van der Waals surface area contributed by atoms with Crippen molar-refractivity contribution in [1.29, 1.82) is 0 Å². The van der Waals surface area contributed by atoms with E-state index in [9.17, 15) is 18.0 Å². The second kappa shape index (κ2) is 4.09. The summed E-state index contributed by atoms with van der Waals surface area (Å²) in [7, 11) is 1.60. The van der Waals surface area contributed by atoms with Crippen LogP contribution in [-0.4, -0.2) is 25.8 Å². The zero-order valence-corrected chi connectivity index (χ0v) is 9.71. The monoisotopic (exact) mass is 277 g/mol. The Hall–Kier alpha value is -1.90. The molecule has 1 N–H and O–H groups in total. The molecule has 0 amide bonds. The molecule has 0 atom stereocenters. The number of hydrogen-bond acceptors (Lipinski definition) is 4. The lowest BCUT2D eigenvalue weighted by Crippen LogP contribution is -2.11. The Morgan fingerprint density at radius 2 is 2.17 bits per heavy atom. The van der Waals surface area contributed by atoms with E-state index in [0.717, 1.165) is 0 Å². The van der Waals surface area contributed by atoms with Crippen LogP contribution in [0.1, 0.15) is 15.4 Å². The summed E-state index contributed by atoms with van der Waals surface area (Å²) in [4.78, 5) is 13.3. The van der Waals surface area contributed by atoms with Gasteiger partial charge in [-0.2, -0.15) is 18.3 Å². The second-order valence-corrected chi connectivity index (χ2v) is 4.40. The fourth-order valence-corrected chi connectivity index (χ4v) is 2.21. The van der Waals surface area contributed by atoms with Gasteiger partial charge >= 0.3 is 12.1 Å². The number of alkyl halides is 3. The highest BCUT2D eigenvalue weighted by atomic mass is 32.1. The van der Waals surface area contributed by atoms with Crippen LogP contribution >= 0.6 is 11.3 Å². The highest BCUT2D eigenvalue weighted by molar-refractivity contribution is 7.17. The third-order valence-electron chi connectivity index (χ3n) is 2.04. The predicted octanol–water partition coefficient (Wildman–Crippen LogP) is 2.26. The summed E-state index contributed by atoms with van der Waals surface area (Å²) in [5, 5.41) is 12.5. The lowest BCUT2D eigenvalue weighted by atomic mass is 10.3. The number of aryl methyl sites for hydroxylation is 1. The quantitative estimate of drug-likeness (QED) is 0.914. The second-order valence-electron chi connectivity index (χ2n) is 3.40. The number of hydrogen-bond donors (Lipinski definition) is 1. The normalized spacial score (nSPS) is 11.8. The predicted molar refractivity (Wildman–Crippen MR) is 56.3 cm³/mol. The molecule has 2 aromatic rings. The van der Waals surface area contributed by atoms with Crippen molar-refractivity contribution >= 4 is 17.3 Å². The Kier molecular flexibility index (Phi) is 2.85. The van der Waals surface area contributed by atoms with E-state index in [1.54, 1.807) is 7.05 Å². The molecular formula is C9H6F3N3O2S. The first-order chi connectivity index (χ1) is 8.29. The van der Waals surface area contributed by atoms with E-state index in [-0.39, 0.29) is 5.01 Å². The van der Waals surface area contributed by atoms with Crippen molar-refractivity contribution < 1.29 is 23.1 Å². The van der Waals surface area contributed by atoms with Gasteiger partial charge in [-0.3, -0.25) is 4.68 Å². The van der Waals surface area contributed by atoms with E-state index < -0.39 is 22.7 Å². The average molecular weight is 277 g/mol. The third-order valence-corrected chi connectivity index (χ3v) is 3.13. The number of halogens is 3. The molecule has 0 unspecified atom stereocenters. The molecule has 0 bridgehead atoms. The van der Waals surface area contributed by atoms with Crippen LogP contribution in [0.4, 0.5) is 13.2 Å². The number of aromatic nitrogens is 3. The third kappa shape index (κ3) is 2.21. The lowest BCUT2D eigenvalue weighted by Gasteiger charge is -2.02. The van der Waals surface area contributed by atoms with Gasteiger partial charge in [0.1, 0.15) is 9.88 Å². The Bertz CT molecular complexity index is 602. The van der Waals surface area contributed by atoms with Crippen LogP contribution in [0.3, 0.4) is 0 Å². The standard InChI is InChI=1S/C9H6F3N3O2S/c1-15-3-4(2-13-15)7-14-6(9(10,11)12)5(18-7)8(16)17/h2-3H,1H3,(H,16,17). The zero-order chi connectivity index (χ0) is 13.5. The molecular weight excluding hydrogens is 271 g/mol. The molecule has 0 saturated carbocycles. The number of carboxylic acid groups (broad SMARTS) is 1. The van der Waals surface area contributed by atoms with E-state index in [2.05, 4.69) is 10.1 Å². The van der Waals surface area contributed by atoms with Gasteiger partial charge in [-0.05, 0) is 0 Å². The summed E-state index contributed by atoms with van der Waals surface area (Å²) < 4.78 is 39.2. The van der Waals surface area contributed by atoms with Gasteiger partial charge in [-0.15, -0.1) is 11.3 Å². The Labute approximate surface area is 103 Å². The number of carboxylic acids is 1. The molecule has 2 aromatic heterocycles. The fourth-order valence-electron chi connectivity index (χ4n) is 1.31. The minimum absolute atomic E-state index is 0.0205. The van der Waals surface area contributed by atoms with Crippen LogP contribution in [0, 0.1) is 0 Å². The van der Waals surface area contributed by atoms with Crippen LogP contribution < -0.4 is 0 Å². The van der Waals surface area contributed by atoms with Gasteiger partial charge in [0.2, 0.25) is 0 Å². The highest BCUT2D eigenvalue weighted by Crippen LogP contribution is 2.37. The molecule has 2 rings (SSSR count). The summed E-state index contributed by atoms with van der Waals surface area (Å²) in [6.07, 6.45) is -2.00. The van der Waals surface area contributed by atoms with E-state index in [1.165, 1.54) is 17.1 Å². The number of aromatic carboxylic acids is 1. The summed E-state index contributed by atoms with van der Waals surface area (Å²) in [5.41, 5.74) is -1.03. The molecule has 0 fully saturated rings. The van der Waals surface area contributed by atoms with Gasteiger partial charge in [0.15, 0.2) is 5.69 Å². The molecule has 0 spiro atoms. The molecule has 5 nitrogen and oxygen atoms in total. The van der Waals surface area contributed by atoms with Crippen LogP contribution in [-0.2, 0) is 13.2 Å². The van der Waals surface area contributed by atoms with Crippen LogP contribution in [0.15, 0.2) is 12.4 Å². The van der Waals surface area contributed by atoms with Crippen molar-refractivity contribution in [3.05, 3.63) is 23.0 Å². The maximum atomic E-state index is 12.6. The van der Waals surface area contributed by atoms with E-state index in [1.807, 2.05) is 0 Å². The largest absolute Gasteiger partial charge is 0.477 e. The first-order valence-electron chi connectivity index (χ1n) is 4.59. The van der Waals surface area contributed by atoms with E-state index in [0.29, 0.717) is 16.9 Å². The molecule has 0 saturated heterocycles. The van der Waals surface area contributed by atoms with Crippen LogP contribution in [0.2, 0.25) is 0 Å². The van der Waals surface area contributed by atoms with E-state index in [4.69, 9.17) is 5.11 Å². The van der Waals surface area contributed by atoms with Gasteiger partial charge < -0.3 is 5.11 Å². The Balaban J connectivity index is 2.56. The van der Waals surface area contributed by atoms with Crippen molar-refractivity contribution in [3.8, 4) is 10.6 Å². The first-order valence-corrected chi connectivity index (χ1v) is 5.41. The van der Waals surface area contributed by atoms with Gasteiger partial charge in [0.05, 0.1) is 6.20 Å². The van der Waals surface area contributed by atoms with E-state index >= 15 is 0 Å². The zero-order valence-electron chi connectivity index (χ0n) is 8.89. The molecule has 0 aliphatic heterocycles. The summed E-state index contributed by atoms with van der Waals surface area (Å²) in [5.74, 6) is -1.64. The number of carbonyl (C=O) groups is 1. The van der Waals surface area contributed by atoms with Crippen LogP contribution in [0.5, 0.6) is 0 Å². The summed E-state index contributed by atoms with van der Waals surface area (Å²) in [6.45, 7) is 0. The van der Waals surface area contributed by atoms with Crippen molar-refractivity contribution in [2.45, 2.75) is 6.18 Å². The average Bonchev–Trinajstić information content (AvgIpc) is 2.81. The molecule has 18 heavy (non-hydrogen) atoms. The van der Waals surface area contributed by atoms with Gasteiger partial charge in [0, 0.05) is 18.8 Å². The van der Waals surface area contributed by atoms with Gasteiger partial charge in [-0.1, -0.05) is 0 Å². The minimum Gasteiger partial charge on any atom is -0.477 e. The fraction of sp³-hybridized carbons (Fsp3) is 0.222. The lowest BCUT2D eigenvalue weighted by molar-refractivity contribution is -0.141. The Morgan fingerprint density at radius 1 is 1.50 bits per heavy atom. The van der Waals surface area contributed by atoms with Crippen molar-refractivity contribution in [2.75, 3.05) is 0 Å². The van der Waals surface area contributed by atoms with Crippen molar-refractivity contribution in [1.82, 2.24) is 14.8 Å². The number of thiazole rings is 1. The first kappa shape index (κ1) is 12.6. The number of rotatable bonds is 2. The van der Waals surface area contributed by atoms with Gasteiger partial charge in [0.25, 0.3) is 0 Å². The maximum absolute atomic E-state index is 12.6. The minimum atomic E-state index is -4.79. The number of nitrogens with zero attached hydrogens (tertiary/aromatic N) is 3. The Morgan fingerprint density at radius 3 is 2.56 bits per heavy atom. The van der Waals surface area contributed by atoms with Gasteiger partial charge in [-0.25, -0.2) is 9.78 Å². The van der Waals surface area contributed by atoms with Crippen LogP contribution in [0.25, 0.3) is 10.6 Å².